The fraction of sp³-hybridized carbons (Fsp3) is 0.400. The van der Waals surface area contributed by atoms with Crippen LogP contribution in [-0.4, -0.2) is 19.1 Å². The van der Waals surface area contributed by atoms with Gasteiger partial charge in [-0.15, -0.1) is 0 Å². The zero-order valence-electron chi connectivity index (χ0n) is 8.94. The van der Waals surface area contributed by atoms with Crippen LogP contribution in [-0.2, 0) is 14.1 Å². The first-order valence-corrected chi connectivity index (χ1v) is 4.58. The number of aromatic nitrogens is 4. The quantitative estimate of drug-likeness (QED) is 0.682. The second kappa shape index (κ2) is 2.97. The van der Waals surface area contributed by atoms with Crippen LogP contribution in [0.5, 0.6) is 0 Å². The monoisotopic (exact) mass is 190 g/mol. The van der Waals surface area contributed by atoms with E-state index >= 15 is 0 Å². The summed E-state index contributed by atoms with van der Waals surface area (Å²) < 4.78 is 4.06. The Morgan fingerprint density at radius 1 is 1.21 bits per heavy atom. The largest absolute Gasteiger partial charge is 0.332 e. The van der Waals surface area contributed by atoms with Gasteiger partial charge in [0.25, 0.3) is 0 Å². The fourth-order valence-electron chi connectivity index (χ4n) is 1.56. The van der Waals surface area contributed by atoms with E-state index in [4.69, 9.17) is 0 Å². The predicted molar refractivity (Wildman–Crippen MR) is 54.9 cm³/mol. The summed E-state index contributed by atoms with van der Waals surface area (Å²) in [5.74, 6) is 1.96. The molecule has 4 heteroatoms. The Morgan fingerprint density at radius 2 is 1.93 bits per heavy atom. The lowest BCUT2D eigenvalue weighted by atomic mass is 10.4. The van der Waals surface area contributed by atoms with E-state index in [2.05, 4.69) is 9.97 Å². The Balaban J connectivity index is 2.59. The summed E-state index contributed by atoms with van der Waals surface area (Å²) in [5, 5.41) is 0. The Kier molecular flexibility index (Phi) is 1.91. The summed E-state index contributed by atoms with van der Waals surface area (Å²) in [6.07, 6.45) is 3.87. The summed E-state index contributed by atoms with van der Waals surface area (Å²) in [6.45, 7) is 3.98. The van der Waals surface area contributed by atoms with Gasteiger partial charge in [0.05, 0.1) is 11.9 Å². The molecule has 0 aliphatic heterocycles. The van der Waals surface area contributed by atoms with E-state index in [1.807, 2.05) is 49.5 Å². The Bertz CT molecular complexity index is 464. The lowest BCUT2D eigenvalue weighted by Gasteiger charge is -2.02. The standard InChI is InChI=1S/C10H14N4/c1-7-6-13(3)10(12-7)9-5-11-8(2)14(9)4/h5-6H,1-4H3. The molecule has 0 radical (unpaired) electrons. The predicted octanol–water partition coefficient (Wildman–Crippen LogP) is 1.44. The molecule has 0 amide bonds. The molecule has 0 aliphatic rings. The maximum absolute atomic E-state index is 4.46. The third-order valence-electron chi connectivity index (χ3n) is 2.45. The minimum absolute atomic E-state index is 0.964. The number of nitrogens with zero attached hydrogens (tertiary/aromatic N) is 4. The molecule has 2 rings (SSSR count). The van der Waals surface area contributed by atoms with Gasteiger partial charge in [0.2, 0.25) is 0 Å². The smallest absolute Gasteiger partial charge is 0.158 e. The number of imidazole rings is 2. The molecule has 0 saturated heterocycles. The van der Waals surface area contributed by atoms with Gasteiger partial charge in [0.15, 0.2) is 5.82 Å². The Hall–Kier alpha value is -1.58. The van der Waals surface area contributed by atoms with Crippen LogP contribution >= 0.6 is 0 Å². The third-order valence-corrected chi connectivity index (χ3v) is 2.45. The summed E-state index contributed by atoms with van der Waals surface area (Å²) in [7, 11) is 4.00. The summed E-state index contributed by atoms with van der Waals surface area (Å²) in [5.41, 5.74) is 2.08. The Labute approximate surface area is 83.2 Å². The molecule has 2 aromatic heterocycles. The highest BCUT2D eigenvalue weighted by molar-refractivity contribution is 5.50. The molecule has 0 N–H and O–H groups in total. The van der Waals surface area contributed by atoms with Crippen LogP contribution in [0.25, 0.3) is 11.5 Å². The molecule has 0 saturated carbocycles. The Morgan fingerprint density at radius 3 is 2.36 bits per heavy atom. The van der Waals surface area contributed by atoms with Crippen molar-refractivity contribution in [3.8, 4) is 11.5 Å². The van der Waals surface area contributed by atoms with Crippen molar-refractivity contribution in [1.29, 1.82) is 0 Å². The molecule has 0 atom stereocenters. The van der Waals surface area contributed by atoms with Crippen LogP contribution in [0.2, 0.25) is 0 Å². The number of aryl methyl sites for hydroxylation is 3. The molecule has 0 bridgehead atoms. The van der Waals surface area contributed by atoms with Crippen molar-refractivity contribution in [2.45, 2.75) is 13.8 Å². The van der Waals surface area contributed by atoms with E-state index in [9.17, 15) is 0 Å². The zero-order chi connectivity index (χ0) is 10.3. The first-order chi connectivity index (χ1) is 6.59. The first kappa shape index (κ1) is 8.99. The number of hydrogen-bond donors (Lipinski definition) is 0. The van der Waals surface area contributed by atoms with Gasteiger partial charge < -0.3 is 9.13 Å². The van der Waals surface area contributed by atoms with Crippen molar-refractivity contribution in [2.75, 3.05) is 0 Å². The van der Waals surface area contributed by atoms with Gasteiger partial charge in [0, 0.05) is 20.3 Å². The summed E-state index contributed by atoms with van der Waals surface area (Å²) in [6, 6.07) is 0. The van der Waals surface area contributed by atoms with Gasteiger partial charge in [-0.05, 0) is 13.8 Å². The van der Waals surface area contributed by atoms with E-state index in [-0.39, 0.29) is 0 Å². The van der Waals surface area contributed by atoms with E-state index in [0.29, 0.717) is 0 Å². The maximum atomic E-state index is 4.46. The van der Waals surface area contributed by atoms with Gasteiger partial charge >= 0.3 is 0 Å². The minimum atomic E-state index is 0.964. The first-order valence-electron chi connectivity index (χ1n) is 4.58. The second-order valence-electron chi connectivity index (χ2n) is 3.57. The van der Waals surface area contributed by atoms with E-state index in [1.165, 1.54) is 0 Å². The molecule has 4 nitrogen and oxygen atoms in total. The van der Waals surface area contributed by atoms with Crippen molar-refractivity contribution >= 4 is 0 Å². The highest BCUT2D eigenvalue weighted by Gasteiger charge is 2.10. The van der Waals surface area contributed by atoms with E-state index < -0.39 is 0 Å². The van der Waals surface area contributed by atoms with Gasteiger partial charge in [-0.3, -0.25) is 0 Å². The van der Waals surface area contributed by atoms with E-state index in [1.54, 1.807) is 0 Å². The number of hydrogen-bond acceptors (Lipinski definition) is 2. The molecule has 2 aromatic rings. The average Bonchev–Trinajstić information content (AvgIpc) is 2.59. The number of rotatable bonds is 1. The fourth-order valence-corrected chi connectivity index (χ4v) is 1.56. The molecule has 0 fully saturated rings. The maximum Gasteiger partial charge on any atom is 0.158 e. The second-order valence-corrected chi connectivity index (χ2v) is 3.57. The molecular formula is C10H14N4. The minimum Gasteiger partial charge on any atom is -0.332 e. The zero-order valence-corrected chi connectivity index (χ0v) is 8.94. The van der Waals surface area contributed by atoms with Crippen LogP contribution < -0.4 is 0 Å². The molecule has 0 aromatic carbocycles. The normalized spacial score (nSPS) is 10.9. The highest BCUT2D eigenvalue weighted by atomic mass is 15.1. The van der Waals surface area contributed by atoms with Gasteiger partial charge in [-0.25, -0.2) is 9.97 Å². The summed E-state index contributed by atoms with van der Waals surface area (Å²) >= 11 is 0. The van der Waals surface area contributed by atoms with Crippen LogP contribution in [0.3, 0.4) is 0 Å². The van der Waals surface area contributed by atoms with Gasteiger partial charge in [-0.2, -0.15) is 0 Å². The van der Waals surface area contributed by atoms with Crippen molar-refractivity contribution < 1.29 is 0 Å². The SMILES string of the molecule is Cc1cn(C)c(-c2cnc(C)n2C)n1. The lowest BCUT2D eigenvalue weighted by Crippen LogP contribution is -1.99. The molecule has 0 aliphatic carbocycles. The van der Waals surface area contributed by atoms with Crippen LogP contribution in [0.15, 0.2) is 12.4 Å². The van der Waals surface area contributed by atoms with Crippen molar-refractivity contribution in [1.82, 2.24) is 19.1 Å². The topological polar surface area (TPSA) is 35.6 Å². The van der Waals surface area contributed by atoms with Crippen molar-refractivity contribution in [3.05, 3.63) is 23.9 Å². The molecule has 0 spiro atoms. The van der Waals surface area contributed by atoms with Crippen LogP contribution in [0.1, 0.15) is 11.5 Å². The van der Waals surface area contributed by atoms with Crippen molar-refractivity contribution in [2.24, 2.45) is 14.1 Å². The summed E-state index contributed by atoms with van der Waals surface area (Å²) in [4.78, 5) is 8.71. The van der Waals surface area contributed by atoms with Crippen molar-refractivity contribution in [3.63, 3.8) is 0 Å². The molecule has 74 valence electrons. The van der Waals surface area contributed by atoms with Crippen LogP contribution in [0.4, 0.5) is 0 Å². The van der Waals surface area contributed by atoms with E-state index in [0.717, 1.165) is 23.0 Å². The van der Waals surface area contributed by atoms with Crippen LogP contribution in [0, 0.1) is 13.8 Å². The molecule has 14 heavy (non-hydrogen) atoms. The molecule has 2 heterocycles. The average molecular weight is 190 g/mol. The highest BCUT2D eigenvalue weighted by Crippen LogP contribution is 2.17. The third kappa shape index (κ3) is 1.23. The molecular weight excluding hydrogens is 176 g/mol. The lowest BCUT2D eigenvalue weighted by molar-refractivity contribution is 0.838. The molecule has 0 unspecified atom stereocenters. The van der Waals surface area contributed by atoms with Gasteiger partial charge in [-0.1, -0.05) is 0 Å². The van der Waals surface area contributed by atoms with Gasteiger partial charge in [0.1, 0.15) is 11.5 Å².